The van der Waals surface area contributed by atoms with Gasteiger partial charge in [0.25, 0.3) is 0 Å². The Morgan fingerprint density at radius 1 is 1.20 bits per heavy atom. The topological polar surface area (TPSA) is 77.1 Å². The summed E-state index contributed by atoms with van der Waals surface area (Å²) in [5.74, 6) is -0.454. The highest BCUT2D eigenvalue weighted by Gasteiger charge is 2.13. The summed E-state index contributed by atoms with van der Waals surface area (Å²) >= 11 is 0. The van der Waals surface area contributed by atoms with Gasteiger partial charge in [-0.2, -0.15) is 0 Å². The molecule has 0 spiro atoms. The highest BCUT2D eigenvalue weighted by Crippen LogP contribution is 2.33. The molecule has 0 fully saturated rings. The van der Waals surface area contributed by atoms with Crippen molar-refractivity contribution in [1.82, 2.24) is 4.57 Å². The van der Waals surface area contributed by atoms with Gasteiger partial charge in [-0.25, -0.2) is 12.8 Å². The molecule has 0 bridgehead atoms. The predicted octanol–water partition coefficient (Wildman–Crippen LogP) is 3.81. The van der Waals surface area contributed by atoms with Crippen molar-refractivity contribution in [2.75, 3.05) is 16.7 Å². The third-order valence-corrected chi connectivity index (χ3v) is 4.57. The minimum Gasteiger partial charge on any atom is -0.396 e. The van der Waals surface area contributed by atoms with Gasteiger partial charge in [0.1, 0.15) is 5.82 Å². The quantitative estimate of drug-likeness (QED) is 0.679. The molecule has 3 rings (SSSR count). The van der Waals surface area contributed by atoms with Gasteiger partial charge >= 0.3 is 0 Å². The van der Waals surface area contributed by atoms with Gasteiger partial charge in [-0.15, -0.1) is 0 Å². The second-order valence-corrected chi connectivity index (χ2v) is 7.83. The smallest absolute Gasteiger partial charge is 0.229 e. The molecule has 0 aliphatic rings. The van der Waals surface area contributed by atoms with E-state index < -0.39 is 15.8 Å². The Hall–Kier alpha value is -2.54. The Morgan fingerprint density at radius 3 is 2.60 bits per heavy atom. The van der Waals surface area contributed by atoms with Crippen molar-refractivity contribution in [2.24, 2.45) is 0 Å². The van der Waals surface area contributed by atoms with Crippen LogP contribution < -0.4 is 10.5 Å². The van der Waals surface area contributed by atoms with Crippen molar-refractivity contribution >= 4 is 32.3 Å². The first-order valence-corrected chi connectivity index (χ1v) is 9.83. The van der Waals surface area contributed by atoms with Crippen LogP contribution in [0.3, 0.4) is 0 Å². The zero-order chi connectivity index (χ0) is 18.2. The lowest BCUT2D eigenvalue weighted by atomic mass is 10.0. The van der Waals surface area contributed by atoms with Crippen LogP contribution in [0.15, 0.2) is 42.6 Å². The first-order chi connectivity index (χ1) is 11.8. The maximum atomic E-state index is 13.9. The molecule has 25 heavy (non-hydrogen) atoms. The number of nitrogens with zero attached hydrogens (tertiary/aromatic N) is 1. The second kappa shape index (κ2) is 6.40. The lowest BCUT2D eigenvalue weighted by Crippen LogP contribution is -2.09. The fraction of sp³-hybridized carbons (Fsp3) is 0.222. The fourth-order valence-electron chi connectivity index (χ4n) is 2.92. The number of nitrogen functional groups attached to an aromatic ring is 1. The number of benzene rings is 2. The van der Waals surface area contributed by atoms with E-state index >= 15 is 0 Å². The van der Waals surface area contributed by atoms with Crippen LogP contribution in [0.25, 0.3) is 22.0 Å². The van der Waals surface area contributed by atoms with Crippen LogP contribution in [0.5, 0.6) is 0 Å². The molecule has 5 nitrogen and oxygen atoms in total. The van der Waals surface area contributed by atoms with Crippen LogP contribution in [0.2, 0.25) is 0 Å². The third kappa shape index (κ3) is 3.61. The van der Waals surface area contributed by atoms with Crippen molar-refractivity contribution in [3.05, 3.63) is 48.4 Å². The molecular weight excluding hydrogens is 341 g/mol. The molecule has 1 heterocycles. The number of hydrogen-bond acceptors (Lipinski definition) is 3. The van der Waals surface area contributed by atoms with Gasteiger partial charge in [-0.05, 0) is 36.2 Å². The van der Waals surface area contributed by atoms with Gasteiger partial charge in [0.15, 0.2) is 0 Å². The van der Waals surface area contributed by atoms with E-state index in [1.54, 1.807) is 24.3 Å². The van der Waals surface area contributed by atoms with E-state index in [-0.39, 0.29) is 5.69 Å². The highest BCUT2D eigenvalue weighted by atomic mass is 32.2. The van der Waals surface area contributed by atoms with Crippen LogP contribution >= 0.6 is 0 Å². The summed E-state index contributed by atoms with van der Waals surface area (Å²) in [5, 5.41) is 0.927. The number of hydrogen-bond donors (Lipinski definition) is 2. The lowest BCUT2D eigenvalue weighted by Gasteiger charge is -2.07. The molecule has 0 saturated heterocycles. The molecule has 2 aromatic carbocycles. The highest BCUT2D eigenvalue weighted by molar-refractivity contribution is 7.92. The van der Waals surface area contributed by atoms with Gasteiger partial charge in [-0.3, -0.25) is 4.72 Å². The number of nitrogens with two attached hydrogens (primary N) is 1. The van der Waals surface area contributed by atoms with E-state index in [0.717, 1.165) is 41.3 Å². The van der Waals surface area contributed by atoms with Crippen LogP contribution in [0.4, 0.5) is 15.8 Å². The Kier molecular flexibility index (Phi) is 4.43. The molecule has 0 radical (unpaired) electrons. The molecule has 0 atom stereocenters. The Bertz CT molecular complexity index is 1040. The number of fused-ring (bicyclic) bond motifs is 1. The summed E-state index contributed by atoms with van der Waals surface area (Å²) in [6.45, 7) is 2.84. The van der Waals surface area contributed by atoms with Crippen molar-refractivity contribution in [3.63, 3.8) is 0 Å². The van der Waals surface area contributed by atoms with E-state index in [9.17, 15) is 12.8 Å². The summed E-state index contributed by atoms with van der Waals surface area (Å²) in [7, 11) is -3.35. The van der Waals surface area contributed by atoms with Crippen LogP contribution in [0, 0.1) is 5.82 Å². The minimum atomic E-state index is -3.35. The van der Waals surface area contributed by atoms with Gasteiger partial charge in [0.05, 0.1) is 23.1 Å². The van der Waals surface area contributed by atoms with Gasteiger partial charge in [0.2, 0.25) is 10.0 Å². The van der Waals surface area contributed by atoms with E-state index in [1.165, 1.54) is 6.07 Å². The molecule has 132 valence electrons. The number of rotatable bonds is 5. The Morgan fingerprint density at radius 2 is 1.96 bits per heavy atom. The van der Waals surface area contributed by atoms with Crippen molar-refractivity contribution < 1.29 is 12.8 Å². The SMILES string of the molecule is CCCn1cc(-c2ccc(N)c(F)c2)c2ccc(NS(C)(=O)=O)cc21. The standard InChI is InChI=1S/C18H20FN3O2S/c1-3-8-22-11-15(12-4-7-17(20)16(19)9-12)14-6-5-13(10-18(14)22)21-25(2,23)24/h4-7,9-11,21H,3,8,20H2,1-2H3. The maximum absolute atomic E-state index is 13.9. The van der Waals surface area contributed by atoms with E-state index in [0.29, 0.717) is 5.69 Å². The van der Waals surface area contributed by atoms with Gasteiger partial charge in [-0.1, -0.05) is 19.1 Å². The number of aromatic nitrogens is 1. The van der Waals surface area contributed by atoms with E-state index in [4.69, 9.17) is 5.73 Å². The fourth-order valence-corrected chi connectivity index (χ4v) is 3.48. The second-order valence-electron chi connectivity index (χ2n) is 6.08. The first-order valence-electron chi connectivity index (χ1n) is 7.94. The lowest BCUT2D eigenvalue weighted by molar-refractivity contribution is 0.607. The number of aryl methyl sites for hydroxylation is 1. The molecule has 1 aromatic heterocycles. The molecule has 0 unspecified atom stereocenters. The van der Waals surface area contributed by atoms with Crippen molar-refractivity contribution in [1.29, 1.82) is 0 Å². The average molecular weight is 361 g/mol. The predicted molar refractivity (Wildman–Crippen MR) is 101 cm³/mol. The molecule has 0 saturated carbocycles. The minimum absolute atomic E-state index is 0.112. The normalized spacial score (nSPS) is 11.8. The van der Waals surface area contributed by atoms with Crippen molar-refractivity contribution in [3.8, 4) is 11.1 Å². The molecule has 3 N–H and O–H groups in total. The summed E-state index contributed by atoms with van der Waals surface area (Å²) in [6, 6.07) is 10.1. The monoisotopic (exact) mass is 361 g/mol. The molecule has 3 aromatic rings. The summed E-state index contributed by atoms with van der Waals surface area (Å²) in [4.78, 5) is 0. The summed E-state index contributed by atoms with van der Waals surface area (Å²) in [5.41, 5.74) is 8.68. The molecule has 0 amide bonds. The number of halogens is 1. The van der Waals surface area contributed by atoms with Gasteiger partial charge in [0, 0.05) is 23.7 Å². The first kappa shape index (κ1) is 17.3. The largest absolute Gasteiger partial charge is 0.396 e. The van der Waals surface area contributed by atoms with E-state index in [2.05, 4.69) is 11.6 Å². The average Bonchev–Trinajstić information content (AvgIpc) is 2.87. The Labute approximate surface area is 146 Å². The molecule has 7 heteroatoms. The van der Waals surface area contributed by atoms with Crippen molar-refractivity contribution in [2.45, 2.75) is 19.9 Å². The van der Waals surface area contributed by atoms with Gasteiger partial charge < -0.3 is 10.3 Å². The number of nitrogens with one attached hydrogen (secondary N) is 1. The molecule has 0 aliphatic heterocycles. The number of sulfonamides is 1. The van der Waals surface area contributed by atoms with E-state index in [1.807, 2.05) is 16.8 Å². The maximum Gasteiger partial charge on any atom is 0.229 e. The molecular formula is C18H20FN3O2S. The zero-order valence-electron chi connectivity index (χ0n) is 14.1. The summed E-state index contributed by atoms with van der Waals surface area (Å²) in [6.07, 6.45) is 4.00. The number of anilines is 2. The third-order valence-electron chi connectivity index (χ3n) is 3.96. The molecule has 0 aliphatic carbocycles. The van der Waals surface area contributed by atoms with Crippen LogP contribution in [-0.2, 0) is 16.6 Å². The van der Waals surface area contributed by atoms with Crippen LogP contribution in [0.1, 0.15) is 13.3 Å². The zero-order valence-corrected chi connectivity index (χ0v) is 14.9. The van der Waals surface area contributed by atoms with Crippen LogP contribution in [-0.4, -0.2) is 19.2 Å². The summed E-state index contributed by atoms with van der Waals surface area (Å²) < 4.78 is 41.3. The Balaban J connectivity index is 2.18.